The van der Waals surface area contributed by atoms with Crippen LogP contribution in [0, 0.1) is 0 Å². The average Bonchev–Trinajstić information content (AvgIpc) is 3.29. The third kappa shape index (κ3) is 98.8. The van der Waals surface area contributed by atoms with E-state index in [4.69, 9.17) is 94.3 Å². The van der Waals surface area contributed by atoms with Crippen molar-refractivity contribution < 1.29 is 49.5 Å². The Hall–Kier alpha value is -3.49. The average molecular weight is 1010 g/mol. The predicted molar refractivity (Wildman–Crippen MR) is 273 cm³/mol. The van der Waals surface area contributed by atoms with Crippen molar-refractivity contribution in [3.05, 3.63) is 0 Å². The van der Waals surface area contributed by atoms with Crippen LogP contribution in [-0.4, -0.2) is 286 Å². The van der Waals surface area contributed by atoms with Gasteiger partial charge in [0, 0.05) is 183 Å². The lowest BCUT2D eigenvalue weighted by Gasteiger charge is -2.27. The molecule has 0 saturated heterocycles. The standard InChI is InChI=1S/C14H23N3O10.6C4H13N3/c18-10(19)5-15(1-3-16(6-11(20)21)7-12(22)23)2-4-17(8-13(24)25)9-14(26)27;6*5-1-3-7-4-2-6/h1-9H2,(H,18,19)(H,20,21)(H,22,23)(H,24,25)(H,26,27);6*7H,1-6H2. The molecule has 0 rings (SSSR count). The van der Waals surface area contributed by atoms with E-state index in [0.29, 0.717) is 78.5 Å². The van der Waals surface area contributed by atoms with Crippen LogP contribution in [0.25, 0.3) is 0 Å². The Labute approximate surface area is 410 Å². The van der Waals surface area contributed by atoms with E-state index in [9.17, 15) is 24.0 Å². The fraction of sp³-hybridized carbons (Fsp3) is 0.868. The highest BCUT2D eigenvalue weighted by atomic mass is 16.4. The quantitative estimate of drug-likeness (QED) is 0.0253. The number of carbonyl (C=O) groups is 5. The zero-order valence-electron chi connectivity index (χ0n) is 41.4. The third-order valence-corrected chi connectivity index (χ3v) is 7.11. The first-order valence-electron chi connectivity index (χ1n) is 22.9. The minimum atomic E-state index is -1.24. The van der Waals surface area contributed by atoms with Gasteiger partial charge in [-0.05, 0) is 0 Å². The molecular formula is C38H101N21O10. The van der Waals surface area contributed by atoms with Crippen LogP contribution in [0.15, 0.2) is 0 Å². The molecule has 0 amide bonds. The van der Waals surface area contributed by atoms with E-state index < -0.39 is 62.6 Å². The van der Waals surface area contributed by atoms with Crippen molar-refractivity contribution >= 4 is 29.8 Å². The van der Waals surface area contributed by atoms with Gasteiger partial charge < -0.3 is 126 Å². The molecule has 0 aliphatic rings. The Balaban J connectivity index is -0.000000149. The largest absolute Gasteiger partial charge is 0.480 e. The molecule has 0 aromatic carbocycles. The maximum Gasteiger partial charge on any atom is 0.317 e. The van der Waals surface area contributed by atoms with Crippen LogP contribution >= 0.6 is 0 Å². The van der Waals surface area contributed by atoms with E-state index in [1.165, 1.54) is 4.90 Å². The molecule has 35 N–H and O–H groups in total. The molecule has 0 atom stereocenters. The number of carboxylic acid groups (broad SMARTS) is 5. The number of hydrogen-bond acceptors (Lipinski definition) is 26. The summed E-state index contributed by atoms with van der Waals surface area (Å²) in [4.78, 5) is 57.6. The highest BCUT2D eigenvalue weighted by molar-refractivity contribution is 5.73. The molecule has 0 bridgehead atoms. The number of rotatable bonds is 40. The summed E-state index contributed by atoms with van der Waals surface area (Å²) in [6.07, 6.45) is 0. The van der Waals surface area contributed by atoms with Gasteiger partial charge in [-0.2, -0.15) is 0 Å². The monoisotopic (exact) mass is 1010 g/mol. The summed E-state index contributed by atoms with van der Waals surface area (Å²) in [5.41, 5.74) is 62.0. The van der Waals surface area contributed by atoms with E-state index in [0.717, 1.165) is 88.3 Å². The lowest BCUT2D eigenvalue weighted by molar-refractivity contribution is -0.143. The summed E-state index contributed by atoms with van der Waals surface area (Å²) in [7, 11) is 0. The predicted octanol–water partition coefficient (Wildman–Crippen LogP) is -11.7. The van der Waals surface area contributed by atoms with Gasteiger partial charge in [0.1, 0.15) is 0 Å². The van der Waals surface area contributed by atoms with Crippen molar-refractivity contribution in [3.8, 4) is 0 Å². The summed E-state index contributed by atoms with van der Waals surface area (Å²) in [5, 5.41) is 62.3. The Morgan fingerprint density at radius 3 is 0.478 bits per heavy atom. The molecule has 0 aliphatic carbocycles. The van der Waals surface area contributed by atoms with E-state index in [1.54, 1.807) is 0 Å². The molecule has 0 heterocycles. The lowest BCUT2D eigenvalue weighted by Crippen LogP contribution is -2.45. The first kappa shape index (κ1) is 79.6. The number of carboxylic acids is 5. The van der Waals surface area contributed by atoms with Crippen molar-refractivity contribution in [3.63, 3.8) is 0 Å². The molecule has 0 aromatic rings. The third-order valence-electron chi connectivity index (χ3n) is 7.11. The van der Waals surface area contributed by atoms with Gasteiger partial charge in [-0.25, -0.2) is 0 Å². The van der Waals surface area contributed by atoms with Crippen LogP contribution < -0.4 is 101 Å². The fourth-order valence-electron chi connectivity index (χ4n) is 4.19. The zero-order chi connectivity index (χ0) is 54.2. The molecule has 0 fully saturated rings. The minimum Gasteiger partial charge on any atom is -0.480 e. The molecule has 31 nitrogen and oxygen atoms in total. The van der Waals surface area contributed by atoms with E-state index in [-0.39, 0.29) is 26.2 Å². The van der Waals surface area contributed by atoms with Gasteiger partial charge in [-0.15, -0.1) is 0 Å². The van der Waals surface area contributed by atoms with Crippen molar-refractivity contribution in [1.29, 1.82) is 0 Å². The Morgan fingerprint density at radius 1 is 0.246 bits per heavy atom. The Morgan fingerprint density at radius 2 is 0.362 bits per heavy atom. The van der Waals surface area contributed by atoms with Crippen LogP contribution in [0.3, 0.4) is 0 Å². The Bertz CT molecular complexity index is 884. The molecule has 0 unspecified atom stereocenters. The lowest BCUT2D eigenvalue weighted by atomic mass is 10.3. The van der Waals surface area contributed by atoms with Crippen LogP contribution in [0.1, 0.15) is 0 Å². The maximum atomic E-state index is 11.0. The normalized spacial score (nSPS) is 10.1. The smallest absolute Gasteiger partial charge is 0.317 e. The van der Waals surface area contributed by atoms with Gasteiger partial charge in [0.05, 0.1) is 32.7 Å². The van der Waals surface area contributed by atoms with Gasteiger partial charge in [0.15, 0.2) is 0 Å². The molecule has 0 aliphatic heterocycles. The molecule has 0 aromatic heterocycles. The fourth-order valence-corrected chi connectivity index (χ4v) is 4.19. The SMILES string of the molecule is NCCNCCN.NCCNCCN.NCCNCCN.NCCNCCN.NCCNCCN.NCCNCCN.O=C(O)CN(CCN(CC(=O)O)CC(=O)O)CCN(CC(=O)O)CC(=O)O. The molecular weight excluding hydrogens is 911 g/mol. The number of nitrogens with one attached hydrogen (secondary N) is 6. The van der Waals surface area contributed by atoms with Gasteiger partial charge in [0.25, 0.3) is 0 Å². The first-order chi connectivity index (χ1) is 33.0. The van der Waals surface area contributed by atoms with Crippen molar-refractivity contribution in [1.82, 2.24) is 46.6 Å². The number of aliphatic carboxylic acids is 5. The van der Waals surface area contributed by atoms with Crippen molar-refractivity contribution in [2.24, 2.45) is 68.8 Å². The van der Waals surface area contributed by atoms with E-state index in [1.807, 2.05) is 0 Å². The molecule has 69 heavy (non-hydrogen) atoms. The highest BCUT2D eigenvalue weighted by Crippen LogP contribution is 1.97. The molecule has 0 radical (unpaired) electrons. The maximum absolute atomic E-state index is 11.0. The van der Waals surface area contributed by atoms with Crippen LogP contribution in [0.4, 0.5) is 0 Å². The summed E-state index contributed by atoms with van der Waals surface area (Å²) in [5.74, 6) is -6.16. The second kappa shape index (κ2) is 73.5. The zero-order valence-corrected chi connectivity index (χ0v) is 41.4. The summed E-state index contributed by atoms with van der Waals surface area (Å²) >= 11 is 0. The van der Waals surface area contributed by atoms with Gasteiger partial charge in [-0.3, -0.25) is 38.7 Å². The summed E-state index contributed by atoms with van der Waals surface area (Å²) in [6.45, 7) is 16.1. The molecule has 31 heteroatoms. The van der Waals surface area contributed by atoms with Crippen LogP contribution in [-0.2, 0) is 24.0 Å². The summed E-state index contributed by atoms with van der Waals surface area (Å²) < 4.78 is 0. The van der Waals surface area contributed by atoms with Gasteiger partial charge in [-0.1, -0.05) is 0 Å². The van der Waals surface area contributed by atoms with Crippen LogP contribution in [0.5, 0.6) is 0 Å². The first-order valence-corrected chi connectivity index (χ1v) is 22.9. The molecule has 418 valence electrons. The second-order valence-electron chi connectivity index (χ2n) is 13.6. The van der Waals surface area contributed by atoms with Gasteiger partial charge >= 0.3 is 29.8 Å². The van der Waals surface area contributed by atoms with E-state index in [2.05, 4.69) is 31.9 Å². The van der Waals surface area contributed by atoms with E-state index >= 15 is 0 Å². The topological polar surface area (TPSA) is 581 Å². The second-order valence-corrected chi connectivity index (χ2v) is 13.6. The summed E-state index contributed by atoms with van der Waals surface area (Å²) in [6, 6.07) is 0. The van der Waals surface area contributed by atoms with Crippen molar-refractivity contribution in [2.45, 2.75) is 0 Å². The number of nitrogens with zero attached hydrogens (tertiary/aromatic N) is 3. The minimum absolute atomic E-state index is 0.000836. The highest BCUT2D eigenvalue weighted by Gasteiger charge is 2.19. The van der Waals surface area contributed by atoms with Crippen LogP contribution in [0.2, 0.25) is 0 Å². The molecule has 0 saturated carbocycles. The Kier molecular flexibility index (Phi) is 84.8. The molecule has 0 spiro atoms. The number of nitrogens with two attached hydrogens (primary N) is 12. The number of hydrogen-bond donors (Lipinski definition) is 23. The van der Waals surface area contributed by atoms with Crippen molar-refractivity contribution in [2.75, 3.05) is 216 Å². The van der Waals surface area contributed by atoms with Gasteiger partial charge in [0.2, 0.25) is 0 Å².